The molecule has 6 heteroatoms. The van der Waals surface area contributed by atoms with E-state index in [0.29, 0.717) is 12.1 Å². The Hall–Kier alpha value is -2.96. The van der Waals surface area contributed by atoms with E-state index < -0.39 is 0 Å². The standard InChI is InChI=1S/C23H18BrN3OS/c1-2-13-25-23-27(21(15-29-23)18-9-5-6-10-20(18)24)26-14-19-17-8-4-3-7-16(17)11-12-22(19)28/h2-12,14-15,28H,1,13H2. The van der Waals surface area contributed by atoms with Crippen molar-refractivity contribution in [2.45, 2.75) is 0 Å². The molecule has 0 aliphatic carbocycles. The first kappa shape index (κ1) is 19.4. The van der Waals surface area contributed by atoms with Gasteiger partial charge in [-0.15, -0.1) is 17.9 Å². The van der Waals surface area contributed by atoms with Crippen molar-refractivity contribution >= 4 is 44.3 Å². The second-order valence-corrected chi connectivity index (χ2v) is 7.98. The molecule has 29 heavy (non-hydrogen) atoms. The Morgan fingerprint density at radius 3 is 2.69 bits per heavy atom. The maximum Gasteiger partial charge on any atom is 0.206 e. The molecule has 1 N–H and O–H groups in total. The molecule has 0 fully saturated rings. The van der Waals surface area contributed by atoms with E-state index in [2.05, 4.69) is 27.5 Å². The van der Waals surface area contributed by atoms with Gasteiger partial charge in [0.25, 0.3) is 0 Å². The van der Waals surface area contributed by atoms with Crippen LogP contribution in [0.5, 0.6) is 5.75 Å². The maximum atomic E-state index is 10.4. The van der Waals surface area contributed by atoms with Crippen LogP contribution in [-0.4, -0.2) is 22.5 Å². The molecule has 0 aliphatic rings. The van der Waals surface area contributed by atoms with Crippen molar-refractivity contribution in [3.05, 3.63) is 93.5 Å². The molecule has 0 spiro atoms. The molecule has 1 heterocycles. The van der Waals surface area contributed by atoms with Gasteiger partial charge < -0.3 is 5.11 Å². The van der Waals surface area contributed by atoms with Crippen molar-refractivity contribution in [1.82, 2.24) is 4.68 Å². The highest BCUT2D eigenvalue weighted by Gasteiger charge is 2.11. The van der Waals surface area contributed by atoms with E-state index in [0.717, 1.165) is 31.3 Å². The zero-order valence-corrected chi connectivity index (χ0v) is 17.9. The summed E-state index contributed by atoms with van der Waals surface area (Å²) in [7, 11) is 0. The molecule has 0 aliphatic heterocycles. The van der Waals surface area contributed by atoms with Gasteiger partial charge in [0.1, 0.15) is 5.75 Å². The lowest BCUT2D eigenvalue weighted by Gasteiger charge is -2.07. The molecule has 0 amide bonds. The number of halogens is 1. The third kappa shape index (κ3) is 3.95. The van der Waals surface area contributed by atoms with Crippen LogP contribution in [0.3, 0.4) is 0 Å². The average Bonchev–Trinajstić information content (AvgIpc) is 3.14. The van der Waals surface area contributed by atoms with Crippen LogP contribution in [0.1, 0.15) is 5.56 Å². The second-order valence-electron chi connectivity index (χ2n) is 6.29. The minimum atomic E-state index is 0.190. The summed E-state index contributed by atoms with van der Waals surface area (Å²) < 4.78 is 2.78. The zero-order chi connectivity index (χ0) is 20.2. The van der Waals surface area contributed by atoms with Gasteiger partial charge in [-0.1, -0.05) is 70.5 Å². The molecule has 1 aromatic heterocycles. The molecule has 4 aromatic rings. The van der Waals surface area contributed by atoms with Gasteiger partial charge in [-0.3, -0.25) is 4.99 Å². The Bertz CT molecular complexity index is 1290. The number of benzene rings is 3. The van der Waals surface area contributed by atoms with E-state index >= 15 is 0 Å². The molecule has 3 aromatic carbocycles. The van der Waals surface area contributed by atoms with Gasteiger partial charge in [-0.05, 0) is 22.9 Å². The minimum absolute atomic E-state index is 0.190. The smallest absolute Gasteiger partial charge is 0.206 e. The number of nitrogens with zero attached hydrogens (tertiary/aromatic N) is 3. The third-order valence-corrected chi connectivity index (χ3v) is 5.99. The molecule has 0 saturated carbocycles. The molecule has 0 radical (unpaired) electrons. The summed E-state index contributed by atoms with van der Waals surface area (Å²) in [6.07, 6.45) is 3.44. The normalized spacial score (nSPS) is 12.1. The number of phenolic OH excluding ortho intramolecular Hbond substituents is 1. The van der Waals surface area contributed by atoms with Crippen LogP contribution in [0.4, 0.5) is 0 Å². The average molecular weight is 464 g/mol. The summed E-state index contributed by atoms with van der Waals surface area (Å²) >= 11 is 5.14. The first-order valence-electron chi connectivity index (χ1n) is 9.01. The highest BCUT2D eigenvalue weighted by atomic mass is 79.9. The highest BCUT2D eigenvalue weighted by molar-refractivity contribution is 9.10. The Labute approximate surface area is 180 Å². The number of aromatic nitrogens is 1. The first-order valence-corrected chi connectivity index (χ1v) is 10.7. The lowest BCUT2D eigenvalue weighted by molar-refractivity contribution is 0.475. The SMILES string of the molecule is C=CCN=c1scc(-c2ccccc2Br)n1N=Cc1c(O)ccc2ccccc12. The van der Waals surface area contributed by atoms with E-state index in [9.17, 15) is 5.11 Å². The van der Waals surface area contributed by atoms with Gasteiger partial charge in [-0.2, -0.15) is 5.10 Å². The van der Waals surface area contributed by atoms with E-state index in [1.165, 1.54) is 11.3 Å². The zero-order valence-electron chi connectivity index (χ0n) is 15.5. The van der Waals surface area contributed by atoms with Gasteiger partial charge in [0.2, 0.25) is 4.80 Å². The van der Waals surface area contributed by atoms with Gasteiger partial charge in [0.15, 0.2) is 0 Å². The van der Waals surface area contributed by atoms with Crippen LogP contribution in [0.15, 0.2) is 93.3 Å². The van der Waals surface area contributed by atoms with E-state index in [4.69, 9.17) is 5.10 Å². The van der Waals surface area contributed by atoms with Crippen LogP contribution in [0.25, 0.3) is 22.0 Å². The van der Waals surface area contributed by atoms with E-state index in [1.54, 1.807) is 23.0 Å². The molecule has 0 atom stereocenters. The predicted octanol–water partition coefficient (Wildman–Crippen LogP) is 5.81. The largest absolute Gasteiger partial charge is 0.507 e. The summed E-state index contributed by atoms with van der Waals surface area (Å²) in [6, 6.07) is 19.5. The van der Waals surface area contributed by atoms with Crippen molar-refractivity contribution in [2.24, 2.45) is 10.1 Å². The van der Waals surface area contributed by atoms with Crippen LogP contribution in [0, 0.1) is 0 Å². The van der Waals surface area contributed by atoms with Crippen LogP contribution >= 0.6 is 27.3 Å². The van der Waals surface area contributed by atoms with E-state index in [1.807, 2.05) is 60.0 Å². The Morgan fingerprint density at radius 2 is 1.86 bits per heavy atom. The van der Waals surface area contributed by atoms with Gasteiger partial charge in [0.05, 0.1) is 18.5 Å². The fourth-order valence-electron chi connectivity index (χ4n) is 3.05. The van der Waals surface area contributed by atoms with Crippen molar-refractivity contribution in [1.29, 1.82) is 0 Å². The van der Waals surface area contributed by atoms with Crippen molar-refractivity contribution in [2.75, 3.05) is 6.54 Å². The molecule has 0 saturated heterocycles. The number of hydrogen-bond donors (Lipinski definition) is 1. The maximum absolute atomic E-state index is 10.4. The Kier molecular flexibility index (Phi) is 5.74. The summed E-state index contributed by atoms with van der Waals surface area (Å²) in [5.74, 6) is 0.190. The quantitative estimate of drug-likeness (QED) is 0.294. The monoisotopic (exact) mass is 463 g/mol. The van der Waals surface area contributed by atoms with Crippen LogP contribution in [0.2, 0.25) is 0 Å². The lowest BCUT2D eigenvalue weighted by atomic mass is 10.0. The topological polar surface area (TPSA) is 49.9 Å². The summed E-state index contributed by atoms with van der Waals surface area (Å²) in [4.78, 5) is 5.33. The molecule has 4 nitrogen and oxygen atoms in total. The van der Waals surface area contributed by atoms with E-state index in [-0.39, 0.29) is 5.75 Å². The van der Waals surface area contributed by atoms with Crippen molar-refractivity contribution in [3.8, 4) is 17.0 Å². The molecule has 0 bridgehead atoms. The van der Waals surface area contributed by atoms with Gasteiger partial charge >= 0.3 is 0 Å². The van der Waals surface area contributed by atoms with Crippen molar-refractivity contribution in [3.63, 3.8) is 0 Å². The second kappa shape index (κ2) is 8.59. The molecule has 144 valence electrons. The number of phenols is 1. The number of aromatic hydroxyl groups is 1. The molecule has 4 rings (SSSR count). The molecular formula is C23H18BrN3OS. The number of fused-ring (bicyclic) bond motifs is 1. The highest BCUT2D eigenvalue weighted by Crippen LogP contribution is 2.29. The molecule has 0 unspecified atom stereocenters. The Morgan fingerprint density at radius 1 is 1.07 bits per heavy atom. The third-order valence-electron chi connectivity index (χ3n) is 4.44. The van der Waals surface area contributed by atoms with Crippen molar-refractivity contribution < 1.29 is 5.11 Å². The summed E-state index contributed by atoms with van der Waals surface area (Å²) in [6.45, 7) is 4.25. The predicted molar refractivity (Wildman–Crippen MR) is 125 cm³/mol. The number of rotatable bonds is 5. The lowest BCUT2D eigenvalue weighted by Crippen LogP contribution is -2.12. The Balaban J connectivity index is 1.89. The summed E-state index contributed by atoms with van der Waals surface area (Å²) in [5.41, 5.74) is 2.61. The number of hydrogen-bond acceptors (Lipinski definition) is 4. The summed E-state index contributed by atoms with van der Waals surface area (Å²) in [5, 5.41) is 19.2. The minimum Gasteiger partial charge on any atom is -0.507 e. The van der Waals surface area contributed by atoms with Crippen LogP contribution in [-0.2, 0) is 0 Å². The van der Waals surface area contributed by atoms with Crippen LogP contribution < -0.4 is 4.80 Å². The van der Waals surface area contributed by atoms with Gasteiger partial charge in [0, 0.05) is 21.0 Å². The fraction of sp³-hybridized carbons (Fsp3) is 0.0435. The molecular weight excluding hydrogens is 446 g/mol. The van der Waals surface area contributed by atoms with Gasteiger partial charge in [-0.25, -0.2) is 4.68 Å². The number of thiazole rings is 1. The first-order chi connectivity index (χ1) is 14.2. The fourth-order valence-corrected chi connectivity index (χ4v) is 4.38.